The van der Waals surface area contributed by atoms with Crippen LogP contribution in [0.2, 0.25) is 0 Å². The van der Waals surface area contributed by atoms with E-state index in [2.05, 4.69) is 58.7 Å². The number of benzene rings is 1. The fourth-order valence-corrected chi connectivity index (χ4v) is 1.75. The Morgan fingerprint density at radius 2 is 2.00 bits per heavy atom. The molecule has 1 rings (SSSR count). The van der Waals surface area contributed by atoms with Crippen LogP contribution in [0.15, 0.2) is 47.5 Å². The minimum absolute atomic E-state index is 0. The first-order valence-corrected chi connectivity index (χ1v) is 6.34. The topological polar surface area (TPSA) is 27.6 Å². The summed E-state index contributed by atoms with van der Waals surface area (Å²) in [7, 11) is 3.87. The Hall–Kier alpha value is -1.04. The predicted octanol–water partition coefficient (Wildman–Crippen LogP) is 3.28. The zero-order chi connectivity index (χ0) is 13.2. The van der Waals surface area contributed by atoms with Gasteiger partial charge in [-0.1, -0.05) is 42.5 Å². The van der Waals surface area contributed by atoms with E-state index in [0.29, 0.717) is 0 Å². The van der Waals surface area contributed by atoms with Crippen LogP contribution in [0.3, 0.4) is 0 Å². The Bertz CT molecular complexity index is 388. The predicted molar refractivity (Wildman–Crippen MR) is 94.1 cm³/mol. The van der Waals surface area contributed by atoms with Gasteiger partial charge in [-0.2, -0.15) is 0 Å². The molecule has 0 saturated carbocycles. The van der Waals surface area contributed by atoms with Crippen molar-refractivity contribution in [3.63, 3.8) is 0 Å². The molecule has 1 N–H and O–H groups in total. The molecule has 0 aliphatic carbocycles. The summed E-state index contributed by atoms with van der Waals surface area (Å²) in [5, 5.41) is 3.35. The minimum atomic E-state index is 0. The number of hydrogen-bond donors (Lipinski definition) is 1. The van der Waals surface area contributed by atoms with Crippen molar-refractivity contribution in [2.24, 2.45) is 4.99 Å². The number of nitrogens with one attached hydrogen (secondary N) is 1. The highest BCUT2D eigenvalue weighted by Gasteiger charge is 2.04. The fourth-order valence-electron chi connectivity index (χ4n) is 1.75. The minimum Gasteiger partial charge on any atom is -0.356 e. The fraction of sp³-hybridized carbons (Fsp3) is 0.400. The van der Waals surface area contributed by atoms with Crippen LogP contribution < -0.4 is 5.32 Å². The maximum Gasteiger partial charge on any atom is 0.193 e. The van der Waals surface area contributed by atoms with Crippen molar-refractivity contribution in [2.45, 2.75) is 19.9 Å². The van der Waals surface area contributed by atoms with Crippen molar-refractivity contribution in [3.8, 4) is 0 Å². The number of allylic oxidation sites excluding steroid dienone is 1. The van der Waals surface area contributed by atoms with Crippen molar-refractivity contribution < 1.29 is 0 Å². The molecule has 0 amide bonds. The third-order valence-corrected chi connectivity index (χ3v) is 2.67. The smallest absolute Gasteiger partial charge is 0.193 e. The first-order chi connectivity index (χ1) is 8.77. The molecular weight excluding hydrogens is 349 g/mol. The molecule has 0 aliphatic rings. The maximum atomic E-state index is 4.29. The lowest BCUT2D eigenvalue weighted by atomic mass is 10.2. The quantitative estimate of drug-likeness (QED) is 0.282. The molecule has 4 heteroatoms. The summed E-state index contributed by atoms with van der Waals surface area (Å²) in [4.78, 5) is 6.42. The zero-order valence-electron chi connectivity index (χ0n) is 12.0. The van der Waals surface area contributed by atoms with Crippen LogP contribution >= 0.6 is 24.0 Å². The normalized spacial score (nSPS) is 11.2. The summed E-state index contributed by atoms with van der Waals surface area (Å²) < 4.78 is 0. The Morgan fingerprint density at radius 1 is 1.32 bits per heavy atom. The van der Waals surface area contributed by atoms with Gasteiger partial charge >= 0.3 is 0 Å². The Balaban J connectivity index is 0.00000324. The molecule has 0 aromatic heterocycles. The van der Waals surface area contributed by atoms with Crippen LogP contribution in [0.4, 0.5) is 0 Å². The van der Waals surface area contributed by atoms with Crippen molar-refractivity contribution in [1.29, 1.82) is 0 Å². The molecule has 0 bridgehead atoms. The molecule has 0 unspecified atom stereocenters. The summed E-state index contributed by atoms with van der Waals surface area (Å²) in [5.74, 6) is 0.934. The number of aliphatic imine (C=N–C) groups is 1. The number of halogens is 1. The third kappa shape index (κ3) is 7.20. The molecular formula is C15H24IN3. The second kappa shape index (κ2) is 10.8. The van der Waals surface area contributed by atoms with Gasteiger partial charge in [0.25, 0.3) is 0 Å². The molecule has 3 nitrogen and oxygen atoms in total. The van der Waals surface area contributed by atoms with Gasteiger partial charge in [-0.25, -0.2) is 0 Å². The lowest BCUT2D eigenvalue weighted by Crippen LogP contribution is -2.38. The van der Waals surface area contributed by atoms with E-state index in [1.165, 1.54) is 5.56 Å². The lowest BCUT2D eigenvalue weighted by Gasteiger charge is -2.22. The maximum absolute atomic E-state index is 4.29. The van der Waals surface area contributed by atoms with Crippen LogP contribution in [0, 0.1) is 0 Å². The lowest BCUT2D eigenvalue weighted by molar-refractivity contribution is 0.477. The number of rotatable bonds is 5. The van der Waals surface area contributed by atoms with Gasteiger partial charge in [0.05, 0.1) is 0 Å². The largest absolute Gasteiger partial charge is 0.356 e. The van der Waals surface area contributed by atoms with Crippen LogP contribution in [0.25, 0.3) is 0 Å². The van der Waals surface area contributed by atoms with Gasteiger partial charge in [0, 0.05) is 27.2 Å². The molecule has 0 saturated heterocycles. The average molecular weight is 373 g/mol. The third-order valence-electron chi connectivity index (χ3n) is 2.67. The highest BCUT2D eigenvalue weighted by Crippen LogP contribution is 2.02. The molecule has 1 aromatic rings. The van der Waals surface area contributed by atoms with Crippen LogP contribution in [-0.2, 0) is 6.54 Å². The molecule has 0 fully saturated rings. The summed E-state index contributed by atoms with van der Waals surface area (Å²) >= 11 is 0. The summed E-state index contributed by atoms with van der Waals surface area (Å²) in [6.07, 6.45) is 5.24. The molecule has 0 heterocycles. The van der Waals surface area contributed by atoms with Gasteiger partial charge in [-0.3, -0.25) is 4.99 Å². The van der Waals surface area contributed by atoms with E-state index in [-0.39, 0.29) is 24.0 Å². The monoisotopic (exact) mass is 373 g/mol. The standard InChI is InChI=1S/C15H23N3.HI/c1-4-5-9-12-17-15(16-2)18(3)13-14-10-7-6-8-11-14;/h4-8,10-11H,9,12-13H2,1-3H3,(H,16,17);1H. The SMILES string of the molecule is CC=CCCNC(=NC)N(C)Cc1ccccc1.I. The number of guanidine groups is 1. The van der Waals surface area contributed by atoms with Gasteiger partial charge in [-0.05, 0) is 18.9 Å². The van der Waals surface area contributed by atoms with Crippen molar-refractivity contribution in [3.05, 3.63) is 48.0 Å². The molecule has 0 aliphatic heterocycles. The zero-order valence-corrected chi connectivity index (χ0v) is 14.3. The van der Waals surface area contributed by atoms with Gasteiger partial charge in [-0.15, -0.1) is 24.0 Å². The van der Waals surface area contributed by atoms with E-state index in [9.17, 15) is 0 Å². The van der Waals surface area contributed by atoms with Crippen LogP contribution in [0.5, 0.6) is 0 Å². The molecule has 106 valence electrons. The van der Waals surface area contributed by atoms with Crippen molar-refractivity contribution in [1.82, 2.24) is 10.2 Å². The first-order valence-electron chi connectivity index (χ1n) is 6.34. The highest BCUT2D eigenvalue weighted by molar-refractivity contribution is 14.0. The molecule has 0 radical (unpaired) electrons. The van der Waals surface area contributed by atoms with Gasteiger partial charge in [0.15, 0.2) is 5.96 Å². The molecule has 0 spiro atoms. The van der Waals surface area contributed by atoms with Crippen LogP contribution in [0.1, 0.15) is 18.9 Å². The highest BCUT2D eigenvalue weighted by atomic mass is 127. The Kier molecular flexibility index (Phi) is 10.2. The van der Waals surface area contributed by atoms with E-state index < -0.39 is 0 Å². The second-order valence-corrected chi connectivity index (χ2v) is 4.17. The first kappa shape index (κ1) is 18.0. The van der Waals surface area contributed by atoms with Gasteiger partial charge in [0.1, 0.15) is 0 Å². The Labute approximate surface area is 133 Å². The van der Waals surface area contributed by atoms with Crippen molar-refractivity contribution in [2.75, 3.05) is 20.6 Å². The van der Waals surface area contributed by atoms with Gasteiger partial charge < -0.3 is 10.2 Å². The number of hydrogen-bond acceptors (Lipinski definition) is 1. The number of nitrogens with zero attached hydrogens (tertiary/aromatic N) is 2. The summed E-state index contributed by atoms with van der Waals surface area (Å²) in [6.45, 7) is 3.82. The summed E-state index contributed by atoms with van der Waals surface area (Å²) in [6, 6.07) is 10.4. The van der Waals surface area contributed by atoms with E-state index in [1.54, 1.807) is 0 Å². The van der Waals surface area contributed by atoms with Crippen LogP contribution in [-0.4, -0.2) is 31.5 Å². The summed E-state index contributed by atoms with van der Waals surface area (Å²) in [5.41, 5.74) is 1.29. The Morgan fingerprint density at radius 3 is 2.58 bits per heavy atom. The molecule has 0 atom stereocenters. The van der Waals surface area contributed by atoms with E-state index in [0.717, 1.165) is 25.5 Å². The van der Waals surface area contributed by atoms with Gasteiger partial charge in [0.2, 0.25) is 0 Å². The van der Waals surface area contributed by atoms with E-state index in [1.807, 2.05) is 20.0 Å². The van der Waals surface area contributed by atoms with E-state index >= 15 is 0 Å². The van der Waals surface area contributed by atoms with Crippen molar-refractivity contribution >= 4 is 29.9 Å². The second-order valence-electron chi connectivity index (χ2n) is 4.17. The molecule has 1 aromatic carbocycles. The average Bonchev–Trinajstić information content (AvgIpc) is 2.40. The van der Waals surface area contributed by atoms with E-state index in [4.69, 9.17) is 0 Å². The molecule has 19 heavy (non-hydrogen) atoms.